The van der Waals surface area contributed by atoms with E-state index < -0.39 is 30.6 Å². The molecule has 0 saturated carbocycles. The molecule has 0 bridgehead atoms. The van der Waals surface area contributed by atoms with Gasteiger partial charge in [0.05, 0.1) is 6.61 Å². The minimum Gasteiger partial charge on any atom is -0.480 e. The highest BCUT2D eigenvalue weighted by Crippen LogP contribution is 2.29. The Labute approximate surface area is 290 Å². The molecule has 51 heavy (non-hydrogen) atoms. The van der Waals surface area contributed by atoms with Crippen molar-refractivity contribution in [1.29, 1.82) is 0 Å². The van der Waals surface area contributed by atoms with E-state index in [0.717, 1.165) is 28.8 Å². The number of amides is 3. The molecule has 1 aliphatic heterocycles. The van der Waals surface area contributed by atoms with E-state index in [-0.39, 0.29) is 18.4 Å². The van der Waals surface area contributed by atoms with Gasteiger partial charge in [0.1, 0.15) is 13.2 Å². The Morgan fingerprint density at radius 3 is 1.98 bits per heavy atom. The van der Waals surface area contributed by atoms with Crippen molar-refractivity contribution in [2.45, 2.75) is 25.7 Å². The number of fused-ring (bicyclic) bond motifs is 1. The summed E-state index contributed by atoms with van der Waals surface area (Å²) in [6, 6.07) is 30.5. The van der Waals surface area contributed by atoms with Crippen LogP contribution in [-0.4, -0.2) is 65.7 Å². The van der Waals surface area contributed by atoms with Gasteiger partial charge in [0, 0.05) is 35.6 Å². The average molecular weight is 709 g/mol. The summed E-state index contributed by atoms with van der Waals surface area (Å²) in [5.74, 6) is -4.79. The molecule has 0 fully saturated rings. The van der Waals surface area contributed by atoms with Crippen LogP contribution in [0, 0.1) is 0 Å². The van der Waals surface area contributed by atoms with E-state index in [1.807, 2.05) is 42.5 Å². The molecule has 0 unspecified atom stereocenters. The number of primary amides is 1. The third-order valence-electron chi connectivity index (χ3n) is 7.16. The summed E-state index contributed by atoms with van der Waals surface area (Å²) in [6.07, 6.45) is -4.31. The van der Waals surface area contributed by atoms with Crippen molar-refractivity contribution in [2.24, 2.45) is 11.5 Å². The molecule has 4 aromatic rings. The van der Waals surface area contributed by atoms with E-state index >= 15 is 0 Å². The molecule has 0 radical (unpaired) electrons. The lowest BCUT2D eigenvalue weighted by Crippen LogP contribution is -2.35. The summed E-state index contributed by atoms with van der Waals surface area (Å²) in [4.78, 5) is 59.0. The summed E-state index contributed by atoms with van der Waals surface area (Å²) in [7, 11) is 0. The first-order valence-corrected chi connectivity index (χ1v) is 15.2. The fourth-order valence-electron chi connectivity index (χ4n) is 4.70. The zero-order chi connectivity index (χ0) is 37.6. The smallest absolute Gasteiger partial charge is 0.480 e. The number of anilines is 2. The molecule has 15 heteroatoms. The average Bonchev–Trinajstić information content (AvgIpc) is 3.55. The lowest BCUT2D eigenvalue weighted by Gasteiger charge is -2.21. The number of aliphatic carboxylic acids is 2. The molecule has 0 aromatic heterocycles. The molecule has 0 aliphatic carbocycles. The Morgan fingerprint density at radius 1 is 0.804 bits per heavy atom. The molecule has 268 valence electrons. The van der Waals surface area contributed by atoms with E-state index in [0.29, 0.717) is 36.5 Å². The van der Waals surface area contributed by atoms with Crippen LogP contribution in [0.4, 0.5) is 24.5 Å². The van der Waals surface area contributed by atoms with Crippen molar-refractivity contribution in [3.05, 3.63) is 131 Å². The molecular weight excluding hydrogens is 673 g/mol. The molecule has 0 atom stereocenters. The van der Waals surface area contributed by atoms with Crippen LogP contribution < -0.4 is 21.3 Å². The number of nitrogens with zero attached hydrogens (tertiary/aromatic N) is 2. The Kier molecular flexibility index (Phi) is 14.4. The first-order valence-electron chi connectivity index (χ1n) is 15.2. The van der Waals surface area contributed by atoms with Crippen molar-refractivity contribution in [3.63, 3.8) is 0 Å². The number of halogens is 3. The zero-order valence-corrected chi connectivity index (χ0v) is 27.1. The Bertz CT molecular complexity index is 1820. The molecule has 1 heterocycles. The number of hydrogen-bond donors (Lipinski definition) is 4. The van der Waals surface area contributed by atoms with E-state index in [2.05, 4.69) is 0 Å². The first kappa shape index (κ1) is 39.4. The third kappa shape index (κ3) is 12.1. The maximum absolute atomic E-state index is 12.5. The molecule has 0 spiro atoms. The van der Waals surface area contributed by atoms with Crippen molar-refractivity contribution < 1.29 is 52.1 Å². The fraction of sp³-hybridized carbons (Fsp3) is 0.194. The van der Waals surface area contributed by atoms with E-state index in [1.54, 1.807) is 65.6 Å². The second-order valence-electron chi connectivity index (χ2n) is 10.8. The molecule has 6 N–H and O–H groups in total. The number of alkyl halides is 3. The number of ether oxygens (including phenoxy) is 1. The van der Waals surface area contributed by atoms with Gasteiger partial charge in [-0.1, -0.05) is 66.7 Å². The SMILES string of the molecule is NC(=O)c1ccc2c(c1)N(C(=O)COCc1ccccc1)CC2.NCc1cccc(N(CC(=O)O)C(=O)c2ccccc2)c1.O=C(O)C(F)(F)F. The van der Waals surface area contributed by atoms with Crippen LogP contribution in [0.15, 0.2) is 103 Å². The predicted octanol–water partition coefficient (Wildman–Crippen LogP) is 4.40. The summed E-state index contributed by atoms with van der Waals surface area (Å²) in [5, 5.41) is 16.2. The highest BCUT2D eigenvalue weighted by atomic mass is 19.4. The summed E-state index contributed by atoms with van der Waals surface area (Å²) in [5.41, 5.74) is 15.9. The summed E-state index contributed by atoms with van der Waals surface area (Å²) in [6.45, 7) is 0.935. The number of carboxylic acid groups (broad SMARTS) is 2. The van der Waals surface area contributed by atoms with Gasteiger partial charge >= 0.3 is 18.1 Å². The number of rotatable bonds is 10. The highest BCUT2D eigenvalue weighted by Gasteiger charge is 2.38. The van der Waals surface area contributed by atoms with Crippen LogP contribution in [0.5, 0.6) is 0 Å². The van der Waals surface area contributed by atoms with Gasteiger partial charge in [-0.05, 0) is 59.5 Å². The Balaban J connectivity index is 0.000000234. The largest absolute Gasteiger partial charge is 0.490 e. The van der Waals surface area contributed by atoms with Crippen LogP contribution in [0.1, 0.15) is 37.4 Å². The van der Waals surface area contributed by atoms with Crippen molar-refractivity contribution in [2.75, 3.05) is 29.5 Å². The molecule has 3 amide bonds. The van der Waals surface area contributed by atoms with Gasteiger partial charge in [-0.3, -0.25) is 24.1 Å². The molecule has 5 rings (SSSR count). The Morgan fingerprint density at radius 2 is 1.41 bits per heavy atom. The van der Waals surface area contributed by atoms with Gasteiger partial charge < -0.3 is 31.3 Å². The second-order valence-corrected chi connectivity index (χ2v) is 10.8. The minimum absolute atomic E-state index is 0.00906. The van der Waals surface area contributed by atoms with Gasteiger partial charge in [-0.2, -0.15) is 13.2 Å². The third-order valence-corrected chi connectivity index (χ3v) is 7.16. The van der Waals surface area contributed by atoms with Gasteiger partial charge in [0.2, 0.25) is 5.91 Å². The number of carboxylic acids is 2. The van der Waals surface area contributed by atoms with E-state index in [4.69, 9.17) is 31.2 Å². The normalized spacial score (nSPS) is 11.6. The van der Waals surface area contributed by atoms with Crippen LogP contribution >= 0.6 is 0 Å². The maximum Gasteiger partial charge on any atom is 0.490 e. The van der Waals surface area contributed by atoms with Gasteiger partial charge in [-0.25, -0.2) is 4.79 Å². The van der Waals surface area contributed by atoms with E-state index in [1.165, 1.54) is 4.90 Å². The number of hydrogen-bond acceptors (Lipinski definition) is 7. The van der Waals surface area contributed by atoms with Gasteiger partial charge in [-0.15, -0.1) is 0 Å². The zero-order valence-electron chi connectivity index (χ0n) is 27.1. The summed E-state index contributed by atoms with van der Waals surface area (Å²) < 4.78 is 37.2. The molecule has 0 saturated heterocycles. The molecule has 4 aromatic carbocycles. The van der Waals surface area contributed by atoms with Crippen LogP contribution in [-0.2, 0) is 38.7 Å². The van der Waals surface area contributed by atoms with Crippen molar-refractivity contribution in [1.82, 2.24) is 0 Å². The molecule has 1 aliphatic rings. The molecule has 12 nitrogen and oxygen atoms in total. The molecular formula is C36H35F3N4O8. The number of nitrogens with two attached hydrogens (primary N) is 2. The number of benzene rings is 4. The maximum atomic E-state index is 12.5. The van der Waals surface area contributed by atoms with Gasteiger partial charge in [0.15, 0.2) is 0 Å². The lowest BCUT2D eigenvalue weighted by atomic mass is 10.1. The number of carbonyl (C=O) groups excluding carboxylic acids is 3. The predicted molar refractivity (Wildman–Crippen MR) is 181 cm³/mol. The topological polar surface area (TPSA) is 194 Å². The summed E-state index contributed by atoms with van der Waals surface area (Å²) >= 11 is 0. The van der Waals surface area contributed by atoms with Gasteiger partial charge in [0.25, 0.3) is 11.8 Å². The Hall–Kier alpha value is -6.06. The minimum atomic E-state index is -5.08. The van der Waals surface area contributed by atoms with Crippen LogP contribution in [0.25, 0.3) is 0 Å². The highest BCUT2D eigenvalue weighted by molar-refractivity contribution is 6.08. The standard InChI is InChI=1S/C18H18N2O3.C16H16N2O3.C2HF3O2/c19-18(22)15-7-6-14-8-9-20(16(14)10-15)17(21)12-23-11-13-4-2-1-3-5-13;17-10-12-5-4-8-14(9-12)18(11-15(19)20)16(21)13-6-2-1-3-7-13;3-2(4,5)1(6)7/h1-7,10H,8-9,11-12H2,(H2,19,22);1-9H,10-11,17H2,(H,19,20);(H,6,7). The monoisotopic (exact) mass is 708 g/mol. The van der Waals surface area contributed by atoms with Crippen LogP contribution in [0.3, 0.4) is 0 Å². The fourth-order valence-corrected chi connectivity index (χ4v) is 4.70. The van der Waals surface area contributed by atoms with Crippen molar-refractivity contribution in [3.8, 4) is 0 Å². The van der Waals surface area contributed by atoms with Crippen molar-refractivity contribution >= 4 is 41.0 Å². The second kappa shape index (κ2) is 18.6. The lowest BCUT2D eigenvalue weighted by molar-refractivity contribution is -0.192. The quantitative estimate of drug-likeness (QED) is 0.185. The van der Waals surface area contributed by atoms with E-state index in [9.17, 15) is 32.3 Å². The number of carbonyl (C=O) groups is 5. The first-order chi connectivity index (χ1) is 24.2. The van der Waals surface area contributed by atoms with Crippen LogP contribution in [0.2, 0.25) is 0 Å².